The second kappa shape index (κ2) is 9.46. The molecule has 0 bridgehead atoms. The Hall–Kier alpha value is -3.73. The van der Waals surface area contributed by atoms with E-state index >= 15 is 0 Å². The van der Waals surface area contributed by atoms with Crippen molar-refractivity contribution in [2.45, 2.75) is 19.1 Å². The SMILES string of the molecule is C[C@H](OC(=O)c1ccc(C=O)cc1)C(=O)NC(c1ccccc1)c1ccccc1. The standard InChI is InChI=1S/C24H21NO4/c1-17(29-24(28)21-14-12-18(16-26)13-15-21)23(27)25-22(19-8-4-2-5-9-19)20-10-6-3-7-11-20/h2-17,22H,1H3,(H,25,27)/t17-/m0/s1. The van der Waals surface area contributed by atoms with Crippen LogP contribution >= 0.6 is 0 Å². The van der Waals surface area contributed by atoms with Crippen LogP contribution in [0.25, 0.3) is 0 Å². The molecule has 5 heteroatoms. The Balaban J connectivity index is 1.71. The van der Waals surface area contributed by atoms with Crippen LogP contribution < -0.4 is 5.32 Å². The van der Waals surface area contributed by atoms with Gasteiger partial charge in [-0.15, -0.1) is 0 Å². The summed E-state index contributed by atoms with van der Waals surface area (Å²) in [5.41, 5.74) is 2.59. The third kappa shape index (κ3) is 5.17. The summed E-state index contributed by atoms with van der Waals surface area (Å²) < 4.78 is 5.31. The van der Waals surface area contributed by atoms with Gasteiger partial charge < -0.3 is 10.1 Å². The van der Waals surface area contributed by atoms with Crippen LogP contribution in [0.15, 0.2) is 84.9 Å². The van der Waals surface area contributed by atoms with Gasteiger partial charge >= 0.3 is 5.97 Å². The van der Waals surface area contributed by atoms with Crippen LogP contribution in [0, 0.1) is 0 Å². The maximum Gasteiger partial charge on any atom is 0.338 e. The fourth-order valence-electron chi connectivity index (χ4n) is 2.89. The Labute approximate surface area is 169 Å². The van der Waals surface area contributed by atoms with Crippen molar-refractivity contribution in [3.63, 3.8) is 0 Å². The van der Waals surface area contributed by atoms with Crippen molar-refractivity contribution < 1.29 is 19.1 Å². The van der Waals surface area contributed by atoms with E-state index in [-0.39, 0.29) is 11.6 Å². The number of esters is 1. The number of rotatable bonds is 7. The molecule has 146 valence electrons. The van der Waals surface area contributed by atoms with Crippen molar-refractivity contribution in [3.05, 3.63) is 107 Å². The fraction of sp³-hybridized carbons (Fsp3) is 0.125. The molecule has 0 spiro atoms. The van der Waals surface area contributed by atoms with E-state index in [1.54, 1.807) is 0 Å². The third-order valence-corrected chi connectivity index (χ3v) is 4.49. The predicted molar refractivity (Wildman–Crippen MR) is 110 cm³/mol. The quantitative estimate of drug-likeness (QED) is 0.492. The molecule has 1 amide bonds. The molecule has 1 N–H and O–H groups in total. The van der Waals surface area contributed by atoms with Gasteiger partial charge in [-0.05, 0) is 30.2 Å². The van der Waals surface area contributed by atoms with Crippen molar-refractivity contribution in [2.75, 3.05) is 0 Å². The largest absolute Gasteiger partial charge is 0.449 e. The minimum absolute atomic E-state index is 0.276. The average molecular weight is 387 g/mol. The number of nitrogens with one attached hydrogen (secondary N) is 1. The molecule has 0 heterocycles. The van der Waals surface area contributed by atoms with Gasteiger partial charge in [-0.1, -0.05) is 72.8 Å². The molecule has 0 aliphatic carbocycles. The molecule has 1 atom stereocenters. The molecular formula is C24H21NO4. The smallest absolute Gasteiger partial charge is 0.338 e. The summed E-state index contributed by atoms with van der Waals surface area (Å²) >= 11 is 0. The average Bonchev–Trinajstić information content (AvgIpc) is 2.78. The highest BCUT2D eigenvalue weighted by atomic mass is 16.5. The first kappa shape index (κ1) is 20.0. The van der Waals surface area contributed by atoms with Gasteiger partial charge in [-0.25, -0.2) is 4.79 Å². The molecule has 0 fully saturated rings. The highest BCUT2D eigenvalue weighted by Crippen LogP contribution is 2.22. The van der Waals surface area contributed by atoms with Crippen LogP contribution in [0.5, 0.6) is 0 Å². The van der Waals surface area contributed by atoms with Gasteiger partial charge in [-0.3, -0.25) is 9.59 Å². The summed E-state index contributed by atoms with van der Waals surface area (Å²) in [6, 6.07) is 24.9. The fourth-order valence-corrected chi connectivity index (χ4v) is 2.89. The van der Waals surface area contributed by atoms with E-state index in [0.29, 0.717) is 11.8 Å². The molecule has 0 radical (unpaired) electrons. The highest BCUT2D eigenvalue weighted by Gasteiger charge is 2.23. The predicted octanol–water partition coefficient (Wildman–Crippen LogP) is 3.95. The Morgan fingerprint density at radius 2 is 1.34 bits per heavy atom. The normalized spacial score (nSPS) is 11.5. The van der Waals surface area contributed by atoms with Gasteiger partial charge in [0.1, 0.15) is 6.29 Å². The van der Waals surface area contributed by atoms with Crippen LogP contribution in [0.1, 0.15) is 44.8 Å². The molecule has 29 heavy (non-hydrogen) atoms. The second-order valence-corrected chi connectivity index (χ2v) is 6.55. The molecule has 0 aromatic heterocycles. The Morgan fingerprint density at radius 1 is 0.828 bits per heavy atom. The number of carbonyl (C=O) groups excluding carboxylic acids is 3. The monoisotopic (exact) mass is 387 g/mol. The summed E-state index contributed by atoms with van der Waals surface area (Å²) in [5, 5.41) is 2.96. The van der Waals surface area contributed by atoms with Crippen molar-refractivity contribution in [3.8, 4) is 0 Å². The third-order valence-electron chi connectivity index (χ3n) is 4.49. The van der Waals surface area contributed by atoms with Gasteiger partial charge in [0.2, 0.25) is 0 Å². The first-order valence-electron chi connectivity index (χ1n) is 9.25. The van der Waals surface area contributed by atoms with Crippen LogP contribution in [0.2, 0.25) is 0 Å². The molecule has 0 aliphatic heterocycles. The maximum absolute atomic E-state index is 12.7. The minimum Gasteiger partial charge on any atom is -0.449 e. The van der Waals surface area contributed by atoms with E-state index < -0.39 is 18.0 Å². The van der Waals surface area contributed by atoms with Gasteiger partial charge in [0.05, 0.1) is 11.6 Å². The molecule has 5 nitrogen and oxygen atoms in total. The van der Waals surface area contributed by atoms with Gasteiger partial charge in [-0.2, -0.15) is 0 Å². The Morgan fingerprint density at radius 3 is 1.83 bits per heavy atom. The number of aldehydes is 1. The second-order valence-electron chi connectivity index (χ2n) is 6.55. The lowest BCUT2D eigenvalue weighted by Crippen LogP contribution is -2.38. The van der Waals surface area contributed by atoms with Crippen molar-refractivity contribution in [2.24, 2.45) is 0 Å². The summed E-state index contributed by atoms with van der Waals surface area (Å²) in [4.78, 5) is 35.7. The van der Waals surface area contributed by atoms with E-state index in [9.17, 15) is 14.4 Å². The van der Waals surface area contributed by atoms with Gasteiger partial charge in [0.25, 0.3) is 5.91 Å². The van der Waals surface area contributed by atoms with E-state index in [1.165, 1.54) is 31.2 Å². The van der Waals surface area contributed by atoms with Crippen molar-refractivity contribution >= 4 is 18.2 Å². The molecule has 0 saturated carbocycles. The van der Waals surface area contributed by atoms with E-state index in [0.717, 1.165) is 11.1 Å². The van der Waals surface area contributed by atoms with E-state index in [1.807, 2.05) is 60.7 Å². The molecular weight excluding hydrogens is 366 g/mol. The van der Waals surface area contributed by atoms with E-state index in [4.69, 9.17) is 4.74 Å². The zero-order valence-electron chi connectivity index (χ0n) is 15.9. The summed E-state index contributed by atoms with van der Waals surface area (Å²) in [7, 11) is 0. The zero-order chi connectivity index (χ0) is 20.6. The van der Waals surface area contributed by atoms with Crippen molar-refractivity contribution in [1.29, 1.82) is 0 Å². The first-order chi connectivity index (χ1) is 14.1. The minimum atomic E-state index is -0.983. The lowest BCUT2D eigenvalue weighted by Gasteiger charge is -2.22. The maximum atomic E-state index is 12.7. The number of hydrogen-bond donors (Lipinski definition) is 1. The number of amides is 1. The Bertz CT molecular complexity index is 929. The van der Waals surface area contributed by atoms with E-state index in [2.05, 4.69) is 5.32 Å². The number of carbonyl (C=O) groups is 3. The van der Waals surface area contributed by atoms with Gasteiger partial charge in [0.15, 0.2) is 6.10 Å². The highest BCUT2D eigenvalue weighted by molar-refractivity contribution is 5.93. The molecule has 3 rings (SSSR count). The van der Waals surface area contributed by atoms with Gasteiger partial charge in [0, 0.05) is 5.56 Å². The van der Waals surface area contributed by atoms with Crippen molar-refractivity contribution in [1.82, 2.24) is 5.32 Å². The van der Waals surface area contributed by atoms with Crippen LogP contribution in [0.4, 0.5) is 0 Å². The molecule has 0 unspecified atom stereocenters. The number of hydrogen-bond acceptors (Lipinski definition) is 4. The lowest BCUT2D eigenvalue weighted by atomic mass is 9.98. The summed E-state index contributed by atoms with van der Waals surface area (Å²) in [5.74, 6) is -1.03. The lowest BCUT2D eigenvalue weighted by molar-refractivity contribution is -0.129. The summed E-state index contributed by atoms with van der Waals surface area (Å²) in [6.45, 7) is 1.53. The Kier molecular flexibility index (Phi) is 6.53. The van der Waals surface area contributed by atoms with Crippen LogP contribution in [0.3, 0.4) is 0 Å². The zero-order valence-corrected chi connectivity index (χ0v) is 15.9. The summed E-state index contributed by atoms with van der Waals surface area (Å²) in [6.07, 6.45) is -0.290. The molecule has 0 saturated heterocycles. The molecule has 3 aromatic carbocycles. The molecule has 3 aromatic rings. The van der Waals surface area contributed by atoms with Crippen LogP contribution in [-0.4, -0.2) is 24.3 Å². The van der Waals surface area contributed by atoms with Crippen LogP contribution in [-0.2, 0) is 9.53 Å². The first-order valence-corrected chi connectivity index (χ1v) is 9.25. The number of ether oxygens (including phenoxy) is 1. The number of benzene rings is 3. The topological polar surface area (TPSA) is 72.5 Å². The molecule has 0 aliphatic rings.